The fourth-order valence-corrected chi connectivity index (χ4v) is 3.25. The van der Waals surface area contributed by atoms with E-state index in [2.05, 4.69) is 15.6 Å². The van der Waals surface area contributed by atoms with Gasteiger partial charge in [-0.05, 0) is 31.2 Å². The Morgan fingerprint density at radius 2 is 2.07 bits per heavy atom. The molecule has 2 heterocycles. The van der Waals surface area contributed by atoms with Crippen molar-refractivity contribution in [3.63, 3.8) is 0 Å². The first-order chi connectivity index (χ1) is 12.7. The number of pyridine rings is 1. The van der Waals surface area contributed by atoms with Crippen LogP contribution in [-0.2, 0) is 15.1 Å². The molecular formula is C17H13Cl2FN4O3. The molecule has 7 nitrogen and oxygen atoms in total. The highest BCUT2D eigenvalue weighted by Crippen LogP contribution is 2.34. The monoisotopic (exact) mass is 410 g/mol. The first-order valence-electron chi connectivity index (χ1n) is 7.72. The van der Waals surface area contributed by atoms with Crippen molar-refractivity contribution in [3.8, 4) is 0 Å². The van der Waals surface area contributed by atoms with Crippen LogP contribution in [0.1, 0.15) is 12.5 Å². The van der Waals surface area contributed by atoms with Gasteiger partial charge in [0.05, 0.1) is 5.69 Å². The van der Waals surface area contributed by atoms with Gasteiger partial charge < -0.3 is 10.6 Å². The third-order valence-electron chi connectivity index (χ3n) is 4.08. The molecule has 0 spiro atoms. The fourth-order valence-electron chi connectivity index (χ4n) is 2.73. The molecule has 1 aromatic carbocycles. The summed E-state index contributed by atoms with van der Waals surface area (Å²) in [5.74, 6) is -1.90. The molecule has 1 aliphatic heterocycles. The number of nitrogens with zero attached hydrogens (tertiary/aromatic N) is 2. The van der Waals surface area contributed by atoms with E-state index in [1.54, 1.807) is 6.07 Å². The lowest BCUT2D eigenvalue weighted by atomic mass is 9.92. The zero-order chi connectivity index (χ0) is 19.8. The molecule has 0 bridgehead atoms. The Morgan fingerprint density at radius 1 is 1.33 bits per heavy atom. The fraction of sp³-hybridized carbons (Fsp3) is 0.176. The summed E-state index contributed by atoms with van der Waals surface area (Å²) in [5, 5.41) is 5.04. The van der Waals surface area contributed by atoms with Gasteiger partial charge >= 0.3 is 6.03 Å². The molecule has 27 heavy (non-hydrogen) atoms. The number of aromatic nitrogens is 1. The molecule has 3 rings (SSSR count). The standard InChI is InChI=1S/C17H13Cl2FN4O3/c1-17(10-5-4-9(20)7-11(10)18)15(26)24(16(27)23-17)8-13(25)22-12-3-2-6-21-14(12)19/h2-7H,8H2,1H3,(H,22,25)(H,23,27). The summed E-state index contributed by atoms with van der Waals surface area (Å²) in [4.78, 5) is 41.9. The largest absolute Gasteiger partial charge is 0.325 e. The molecule has 2 N–H and O–H groups in total. The van der Waals surface area contributed by atoms with E-state index in [0.29, 0.717) is 0 Å². The molecule has 4 amide bonds. The highest BCUT2D eigenvalue weighted by Gasteiger charge is 2.50. The summed E-state index contributed by atoms with van der Waals surface area (Å²) < 4.78 is 13.3. The molecule has 0 aliphatic carbocycles. The Hall–Kier alpha value is -2.71. The predicted molar refractivity (Wildman–Crippen MR) is 96.9 cm³/mol. The third-order valence-corrected chi connectivity index (χ3v) is 4.69. The van der Waals surface area contributed by atoms with Gasteiger partial charge in [-0.2, -0.15) is 0 Å². The summed E-state index contributed by atoms with van der Waals surface area (Å²) >= 11 is 11.9. The smallest absolute Gasteiger partial charge is 0.322 e. The van der Waals surface area contributed by atoms with Gasteiger partial charge in [0.15, 0.2) is 5.15 Å². The highest BCUT2D eigenvalue weighted by atomic mass is 35.5. The Morgan fingerprint density at radius 3 is 2.74 bits per heavy atom. The molecule has 1 aliphatic rings. The number of benzene rings is 1. The number of anilines is 1. The summed E-state index contributed by atoms with van der Waals surface area (Å²) in [6.07, 6.45) is 1.45. The molecule has 2 aromatic rings. The first kappa shape index (κ1) is 19.1. The lowest BCUT2D eigenvalue weighted by Crippen LogP contribution is -2.42. The van der Waals surface area contributed by atoms with E-state index in [0.717, 1.165) is 17.0 Å². The quantitative estimate of drug-likeness (QED) is 0.598. The van der Waals surface area contributed by atoms with E-state index in [1.807, 2.05) is 0 Å². The van der Waals surface area contributed by atoms with E-state index >= 15 is 0 Å². The maximum Gasteiger partial charge on any atom is 0.325 e. The van der Waals surface area contributed by atoms with Gasteiger partial charge in [-0.15, -0.1) is 0 Å². The second-order valence-corrected chi connectivity index (χ2v) is 6.73. The van der Waals surface area contributed by atoms with Crippen molar-refractivity contribution in [2.75, 3.05) is 11.9 Å². The summed E-state index contributed by atoms with van der Waals surface area (Å²) in [6, 6.07) is 5.82. The molecular weight excluding hydrogens is 398 g/mol. The number of amides is 4. The van der Waals surface area contributed by atoms with Crippen molar-refractivity contribution in [1.82, 2.24) is 15.2 Å². The van der Waals surface area contributed by atoms with E-state index in [-0.39, 0.29) is 21.4 Å². The molecule has 1 atom stereocenters. The molecule has 140 valence electrons. The maximum absolute atomic E-state index is 13.3. The molecule has 10 heteroatoms. The van der Waals surface area contributed by atoms with Crippen molar-refractivity contribution in [2.24, 2.45) is 0 Å². The zero-order valence-corrected chi connectivity index (χ0v) is 15.4. The van der Waals surface area contributed by atoms with Crippen LogP contribution in [0.2, 0.25) is 10.2 Å². The molecule has 1 saturated heterocycles. The van der Waals surface area contributed by atoms with E-state index < -0.39 is 35.7 Å². The molecule has 1 aromatic heterocycles. The van der Waals surface area contributed by atoms with Gasteiger partial charge in [0, 0.05) is 16.8 Å². The predicted octanol–water partition coefficient (Wildman–Crippen LogP) is 2.93. The molecule has 0 saturated carbocycles. The van der Waals surface area contributed by atoms with Crippen molar-refractivity contribution < 1.29 is 18.8 Å². The van der Waals surface area contributed by atoms with E-state index in [1.165, 1.54) is 25.3 Å². The zero-order valence-electron chi connectivity index (χ0n) is 13.9. The molecule has 1 unspecified atom stereocenters. The van der Waals surface area contributed by atoms with Crippen molar-refractivity contribution in [1.29, 1.82) is 0 Å². The lowest BCUT2D eigenvalue weighted by molar-refractivity contribution is -0.133. The summed E-state index contributed by atoms with van der Waals surface area (Å²) in [5.41, 5.74) is -1.05. The number of hydrogen-bond acceptors (Lipinski definition) is 4. The summed E-state index contributed by atoms with van der Waals surface area (Å²) in [7, 11) is 0. The topological polar surface area (TPSA) is 91.4 Å². The van der Waals surface area contributed by atoms with Crippen LogP contribution in [0, 0.1) is 5.82 Å². The van der Waals surface area contributed by atoms with Crippen LogP contribution < -0.4 is 10.6 Å². The van der Waals surface area contributed by atoms with E-state index in [9.17, 15) is 18.8 Å². The number of imide groups is 1. The first-order valence-corrected chi connectivity index (χ1v) is 8.48. The maximum atomic E-state index is 13.3. The Labute approximate surface area is 163 Å². The summed E-state index contributed by atoms with van der Waals surface area (Å²) in [6.45, 7) is 0.895. The number of hydrogen-bond donors (Lipinski definition) is 2. The Balaban J connectivity index is 1.80. The van der Waals surface area contributed by atoms with E-state index in [4.69, 9.17) is 23.2 Å². The number of urea groups is 1. The minimum atomic E-state index is -1.52. The minimum absolute atomic E-state index is 0.0143. The second kappa shape index (κ2) is 7.13. The SMILES string of the molecule is CC1(c2ccc(F)cc2Cl)NC(=O)N(CC(=O)Nc2cccnc2Cl)C1=O. The number of halogens is 3. The second-order valence-electron chi connectivity index (χ2n) is 5.96. The number of rotatable bonds is 4. The van der Waals surface area contributed by atoms with Crippen LogP contribution in [0.4, 0.5) is 14.9 Å². The minimum Gasteiger partial charge on any atom is -0.322 e. The molecule has 0 radical (unpaired) electrons. The van der Waals surface area contributed by atoms with Crippen LogP contribution in [0.5, 0.6) is 0 Å². The van der Waals surface area contributed by atoms with Gasteiger partial charge in [0.1, 0.15) is 17.9 Å². The van der Waals surface area contributed by atoms with Crippen molar-refractivity contribution in [3.05, 3.63) is 58.1 Å². The van der Waals surface area contributed by atoms with Gasteiger partial charge in [-0.1, -0.05) is 29.3 Å². The van der Waals surface area contributed by atoms with Crippen LogP contribution in [0.15, 0.2) is 36.5 Å². The van der Waals surface area contributed by atoms with Crippen LogP contribution in [0.25, 0.3) is 0 Å². The van der Waals surface area contributed by atoms with Crippen LogP contribution in [0.3, 0.4) is 0 Å². The van der Waals surface area contributed by atoms with Crippen molar-refractivity contribution in [2.45, 2.75) is 12.5 Å². The van der Waals surface area contributed by atoms with Gasteiger partial charge in [0.2, 0.25) is 5.91 Å². The third kappa shape index (κ3) is 3.58. The normalized spacial score (nSPS) is 19.2. The van der Waals surface area contributed by atoms with Gasteiger partial charge in [0.25, 0.3) is 5.91 Å². The van der Waals surface area contributed by atoms with Gasteiger partial charge in [-0.3, -0.25) is 14.5 Å². The van der Waals surface area contributed by atoms with Crippen molar-refractivity contribution >= 4 is 46.7 Å². The number of carbonyl (C=O) groups is 3. The average molecular weight is 411 g/mol. The van der Waals surface area contributed by atoms with Gasteiger partial charge in [-0.25, -0.2) is 14.2 Å². The number of nitrogens with one attached hydrogen (secondary N) is 2. The lowest BCUT2D eigenvalue weighted by Gasteiger charge is -2.23. The average Bonchev–Trinajstić information content (AvgIpc) is 2.81. The van der Waals surface area contributed by atoms with Crippen LogP contribution in [-0.4, -0.2) is 34.3 Å². The Kier molecular flexibility index (Phi) is 5.03. The van der Waals surface area contributed by atoms with Crippen LogP contribution >= 0.6 is 23.2 Å². The number of carbonyl (C=O) groups excluding carboxylic acids is 3. The highest BCUT2D eigenvalue weighted by molar-refractivity contribution is 6.32. The Bertz CT molecular complexity index is 956. The molecule has 1 fully saturated rings.